The third kappa shape index (κ3) is 4.94. The van der Waals surface area contributed by atoms with Gasteiger partial charge in [-0.1, -0.05) is 12.1 Å². The number of rotatable bonds is 5. The molecule has 0 radical (unpaired) electrons. The number of hydrogen-bond acceptors (Lipinski definition) is 5. The zero-order valence-corrected chi connectivity index (χ0v) is 15.5. The van der Waals surface area contributed by atoms with E-state index >= 15 is 0 Å². The fraction of sp³-hybridized carbons (Fsp3) is 0.300. The van der Waals surface area contributed by atoms with Crippen molar-refractivity contribution in [3.05, 3.63) is 70.0 Å². The van der Waals surface area contributed by atoms with Gasteiger partial charge in [0.1, 0.15) is 5.82 Å². The lowest BCUT2D eigenvalue weighted by Crippen LogP contribution is -2.47. The maximum Gasteiger partial charge on any atom is 0.313 e. The largest absolute Gasteiger partial charge is 0.381 e. The van der Waals surface area contributed by atoms with E-state index in [1.165, 1.54) is 36.4 Å². The van der Waals surface area contributed by atoms with Crippen LogP contribution in [-0.4, -0.2) is 36.5 Å². The predicted octanol–water partition coefficient (Wildman–Crippen LogP) is 2.54. The molecule has 9 heteroatoms. The van der Waals surface area contributed by atoms with Crippen molar-refractivity contribution in [2.45, 2.75) is 18.3 Å². The van der Waals surface area contributed by atoms with Crippen molar-refractivity contribution in [1.29, 1.82) is 0 Å². The highest BCUT2D eigenvalue weighted by atomic mass is 19.1. The number of anilines is 1. The van der Waals surface area contributed by atoms with Crippen molar-refractivity contribution in [3.8, 4) is 0 Å². The molecule has 152 valence electrons. The molecule has 1 heterocycles. The van der Waals surface area contributed by atoms with Crippen LogP contribution in [0.4, 0.5) is 15.8 Å². The maximum absolute atomic E-state index is 13.3. The number of nitrogens with one attached hydrogen (secondary N) is 2. The first-order valence-electron chi connectivity index (χ1n) is 9.07. The smallest absolute Gasteiger partial charge is 0.313 e. The summed E-state index contributed by atoms with van der Waals surface area (Å²) >= 11 is 0. The molecular formula is C20H20FN3O5. The number of nitro groups is 1. The van der Waals surface area contributed by atoms with Gasteiger partial charge in [0.05, 0.1) is 4.92 Å². The number of benzene rings is 2. The predicted molar refractivity (Wildman–Crippen MR) is 103 cm³/mol. The Kier molecular flexibility index (Phi) is 6.18. The number of amides is 2. The molecule has 8 nitrogen and oxygen atoms in total. The summed E-state index contributed by atoms with van der Waals surface area (Å²) in [4.78, 5) is 34.5. The third-order valence-electron chi connectivity index (χ3n) is 5.04. The first kappa shape index (κ1) is 20.4. The Balaban J connectivity index is 1.64. The molecule has 1 fully saturated rings. The van der Waals surface area contributed by atoms with Crippen molar-refractivity contribution in [2.75, 3.05) is 25.1 Å². The first-order chi connectivity index (χ1) is 13.9. The summed E-state index contributed by atoms with van der Waals surface area (Å²) in [6.45, 7) is 1.21. The summed E-state index contributed by atoms with van der Waals surface area (Å²) in [6, 6.07) is 11.3. The van der Waals surface area contributed by atoms with E-state index < -0.39 is 22.2 Å². The molecule has 1 aliphatic heterocycles. The molecule has 3 rings (SSSR count). The number of hydrogen-bond donors (Lipinski definition) is 2. The van der Waals surface area contributed by atoms with E-state index in [-0.39, 0.29) is 23.7 Å². The van der Waals surface area contributed by atoms with Crippen LogP contribution < -0.4 is 10.6 Å². The molecule has 0 atom stereocenters. The van der Waals surface area contributed by atoms with Crippen LogP contribution in [0.5, 0.6) is 0 Å². The van der Waals surface area contributed by atoms with E-state index in [9.17, 15) is 24.1 Å². The van der Waals surface area contributed by atoms with Crippen LogP contribution in [0.1, 0.15) is 18.4 Å². The highest BCUT2D eigenvalue weighted by molar-refractivity contribution is 6.39. The van der Waals surface area contributed by atoms with Crippen LogP contribution in [0.15, 0.2) is 48.5 Å². The van der Waals surface area contributed by atoms with Crippen LogP contribution >= 0.6 is 0 Å². The van der Waals surface area contributed by atoms with Crippen molar-refractivity contribution in [1.82, 2.24) is 5.32 Å². The summed E-state index contributed by atoms with van der Waals surface area (Å²) in [6.07, 6.45) is 1.26. The number of ether oxygens (including phenoxy) is 1. The maximum atomic E-state index is 13.3. The third-order valence-corrected chi connectivity index (χ3v) is 5.04. The number of carbonyl (C=O) groups excluding carboxylic acids is 2. The minimum absolute atomic E-state index is 0.117. The number of nitro benzene ring substituents is 1. The zero-order chi connectivity index (χ0) is 20.9. The number of carbonyl (C=O) groups is 2. The van der Waals surface area contributed by atoms with Gasteiger partial charge in [-0.2, -0.15) is 0 Å². The Morgan fingerprint density at radius 2 is 1.66 bits per heavy atom. The molecule has 0 aliphatic carbocycles. The monoisotopic (exact) mass is 401 g/mol. The van der Waals surface area contributed by atoms with Crippen LogP contribution in [0.2, 0.25) is 0 Å². The molecule has 1 saturated heterocycles. The Bertz CT molecular complexity index is 893. The average molecular weight is 401 g/mol. The summed E-state index contributed by atoms with van der Waals surface area (Å²) in [5, 5.41) is 15.7. The summed E-state index contributed by atoms with van der Waals surface area (Å²) in [5.41, 5.74) is 0.580. The van der Waals surface area contributed by atoms with Gasteiger partial charge in [0.15, 0.2) is 0 Å². The van der Waals surface area contributed by atoms with E-state index in [4.69, 9.17) is 4.74 Å². The van der Waals surface area contributed by atoms with Gasteiger partial charge < -0.3 is 15.4 Å². The number of nitrogens with zero attached hydrogens (tertiary/aromatic N) is 1. The van der Waals surface area contributed by atoms with Crippen molar-refractivity contribution in [3.63, 3.8) is 0 Å². The minimum atomic E-state index is -0.875. The van der Waals surface area contributed by atoms with Gasteiger partial charge in [-0.15, -0.1) is 0 Å². The van der Waals surface area contributed by atoms with E-state index in [0.717, 1.165) is 5.56 Å². The minimum Gasteiger partial charge on any atom is -0.381 e. The standard InChI is InChI=1S/C20H20FN3O5/c21-15-3-1-14(2-4-15)20(9-11-29-12-10-20)13-22-18(25)19(26)23-16-5-7-17(8-6-16)24(27)28/h1-8H,9-13H2,(H,22,25)(H,23,26). The normalized spacial score (nSPS) is 15.3. The molecule has 2 amide bonds. The van der Waals surface area contributed by atoms with Gasteiger partial charge >= 0.3 is 11.8 Å². The second-order valence-corrected chi connectivity index (χ2v) is 6.84. The number of halogens is 1. The molecule has 0 aromatic heterocycles. The molecule has 0 saturated carbocycles. The second-order valence-electron chi connectivity index (χ2n) is 6.84. The quantitative estimate of drug-likeness (QED) is 0.454. The van der Waals surface area contributed by atoms with Crippen molar-refractivity contribution < 1.29 is 23.6 Å². The lowest BCUT2D eigenvalue weighted by atomic mass is 9.74. The summed E-state index contributed by atoms with van der Waals surface area (Å²) < 4.78 is 18.7. The van der Waals surface area contributed by atoms with Gasteiger partial charge in [-0.3, -0.25) is 19.7 Å². The fourth-order valence-electron chi connectivity index (χ4n) is 3.32. The zero-order valence-electron chi connectivity index (χ0n) is 15.5. The van der Waals surface area contributed by atoms with Gasteiger partial charge in [-0.05, 0) is 42.7 Å². The molecule has 0 unspecified atom stereocenters. The lowest BCUT2D eigenvalue weighted by Gasteiger charge is -2.37. The van der Waals surface area contributed by atoms with Gasteiger partial charge in [0.25, 0.3) is 5.69 Å². The van der Waals surface area contributed by atoms with E-state index in [2.05, 4.69) is 10.6 Å². The van der Waals surface area contributed by atoms with Crippen LogP contribution in [0, 0.1) is 15.9 Å². The molecule has 0 spiro atoms. The Labute approximate surface area is 166 Å². The Hall–Kier alpha value is -3.33. The van der Waals surface area contributed by atoms with Crippen LogP contribution in [-0.2, 0) is 19.7 Å². The average Bonchev–Trinajstić information content (AvgIpc) is 2.73. The van der Waals surface area contributed by atoms with E-state index in [1.807, 2.05) is 0 Å². The van der Waals surface area contributed by atoms with Gasteiger partial charge in [0, 0.05) is 43.0 Å². The van der Waals surface area contributed by atoms with E-state index in [1.54, 1.807) is 12.1 Å². The first-order valence-corrected chi connectivity index (χ1v) is 9.07. The molecule has 2 aromatic rings. The highest BCUT2D eigenvalue weighted by Gasteiger charge is 2.35. The highest BCUT2D eigenvalue weighted by Crippen LogP contribution is 2.34. The molecule has 2 aromatic carbocycles. The Morgan fingerprint density at radius 1 is 1.03 bits per heavy atom. The molecule has 2 N–H and O–H groups in total. The second kappa shape index (κ2) is 8.78. The molecule has 29 heavy (non-hydrogen) atoms. The molecule has 0 bridgehead atoms. The summed E-state index contributed by atoms with van der Waals surface area (Å²) in [5.74, 6) is -2.04. The van der Waals surface area contributed by atoms with Crippen LogP contribution in [0.3, 0.4) is 0 Å². The lowest BCUT2D eigenvalue weighted by molar-refractivity contribution is -0.384. The molecular weight excluding hydrogens is 381 g/mol. The SMILES string of the molecule is O=C(NCC1(c2ccc(F)cc2)CCOCC1)C(=O)Nc1ccc([N+](=O)[O-])cc1. The number of non-ortho nitro benzene ring substituents is 1. The van der Waals surface area contributed by atoms with Gasteiger partial charge in [0.2, 0.25) is 0 Å². The fourth-order valence-corrected chi connectivity index (χ4v) is 3.32. The Morgan fingerprint density at radius 3 is 2.24 bits per heavy atom. The topological polar surface area (TPSA) is 111 Å². The van der Waals surface area contributed by atoms with Gasteiger partial charge in [-0.25, -0.2) is 4.39 Å². The van der Waals surface area contributed by atoms with Crippen LogP contribution in [0.25, 0.3) is 0 Å². The summed E-state index contributed by atoms with van der Waals surface area (Å²) in [7, 11) is 0. The molecule has 1 aliphatic rings. The van der Waals surface area contributed by atoms with Crippen molar-refractivity contribution in [2.24, 2.45) is 0 Å². The van der Waals surface area contributed by atoms with Crippen molar-refractivity contribution >= 4 is 23.2 Å². The van der Waals surface area contributed by atoms with E-state index in [0.29, 0.717) is 26.1 Å².